The van der Waals surface area contributed by atoms with E-state index in [9.17, 15) is 9.59 Å². The van der Waals surface area contributed by atoms with Crippen LogP contribution >= 0.6 is 0 Å². The number of H-pyrrole nitrogens is 1. The van der Waals surface area contributed by atoms with Gasteiger partial charge in [-0.2, -0.15) is 5.10 Å². The molecule has 0 saturated heterocycles. The molecule has 0 bridgehead atoms. The average Bonchev–Trinajstić information content (AvgIpc) is 3.22. The zero-order valence-corrected chi connectivity index (χ0v) is 14.9. The summed E-state index contributed by atoms with van der Waals surface area (Å²) in [4.78, 5) is 27.6. The van der Waals surface area contributed by atoms with Crippen molar-refractivity contribution in [3.63, 3.8) is 0 Å². The van der Waals surface area contributed by atoms with Gasteiger partial charge in [-0.15, -0.1) is 5.10 Å². The number of nitrogens with one attached hydrogen (secondary N) is 2. The summed E-state index contributed by atoms with van der Waals surface area (Å²) < 4.78 is 2.77. The van der Waals surface area contributed by atoms with Gasteiger partial charge in [0.1, 0.15) is 6.54 Å². The highest BCUT2D eigenvalue weighted by Crippen LogP contribution is 2.17. The van der Waals surface area contributed by atoms with Crippen molar-refractivity contribution in [1.29, 1.82) is 0 Å². The van der Waals surface area contributed by atoms with Crippen LogP contribution in [0.25, 0.3) is 16.7 Å². The van der Waals surface area contributed by atoms with Crippen molar-refractivity contribution in [3.05, 3.63) is 70.4 Å². The number of hydrogen-bond acceptors (Lipinski definition) is 4. The largest absolute Gasteiger partial charge is 0.361 e. The van der Waals surface area contributed by atoms with Gasteiger partial charge in [0.25, 0.3) is 5.56 Å². The first-order valence-corrected chi connectivity index (χ1v) is 8.48. The van der Waals surface area contributed by atoms with E-state index in [1.807, 2.05) is 50.4 Å². The van der Waals surface area contributed by atoms with Gasteiger partial charge in [-0.05, 0) is 49.6 Å². The lowest BCUT2D eigenvalue weighted by atomic mass is 10.2. The molecule has 4 aromatic rings. The number of carbonyl (C=O) groups excluding carboxylic acids is 1. The van der Waals surface area contributed by atoms with E-state index < -0.39 is 0 Å². The molecule has 27 heavy (non-hydrogen) atoms. The Morgan fingerprint density at radius 1 is 1.11 bits per heavy atom. The number of anilines is 1. The SMILES string of the molecule is Cc1cc(C)n(-c2ccc(=O)n(CC(=O)Nc3ccc4cc[nH]c4c3)n2)n1. The first-order chi connectivity index (χ1) is 13.0. The molecule has 0 atom stereocenters. The standard InChI is InChI=1S/C19H18N6O2/c1-12-9-13(2)25(22-12)17-5-6-19(27)24(23-17)11-18(26)21-15-4-3-14-7-8-20-16(14)10-15/h3-10,20H,11H2,1-2H3,(H,21,26). The number of nitrogens with zero attached hydrogens (tertiary/aromatic N) is 4. The van der Waals surface area contributed by atoms with Crippen LogP contribution in [0.4, 0.5) is 5.69 Å². The third-order valence-electron chi connectivity index (χ3n) is 4.21. The molecule has 0 unspecified atom stereocenters. The van der Waals surface area contributed by atoms with Gasteiger partial charge in [-0.3, -0.25) is 9.59 Å². The Morgan fingerprint density at radius 3 is 2.74 bits per heavy atom. The zero-order chi connectivity index (χ0) is 19.0. The summed E-state index contributed by atoms with van der Waals surface area (Å²) in [6.45, 7) is 3.60. The highest BCUT2D eigenvalue weighted by atomic mass is 16.2. The van der Waals surface area contributed by atoms with Gasteiger partial charge in [0, 0.05) is 29.2 Å². The molecular weight excluding hydrogens is 344 g/mol. The van der Waals surface area contributed by atoms with Crippen molar-refractivity contribution >= 4 is 22.5 Å². The molecule has 0 aliphatic heterocycles. The van der Waals surface area contributed by atoms with Gasteiger partial charge in [0.05, 0.1) is 5.69 Å². The Hall–Kier alpha value is -3.68. The van der Waals surface area contributed by atoms with Crippen molar-refractivity contribution in [2.24, 2.45) is 0 Å². The molecule has 2 N–H and O–H groups in total. The number of aromatic nitrogens is 5. The van der Waals surface area contributed by atoms with Gasteiger partial charge < -0.3 is 10.3 Å². The van der Waals surface area contributed by atoms with Crippen LogP contribution in [-0.2, 0) is 11.3 Å². The number of aryl methyl sites for hydroxylation is 2. The van der Waals surface area contributed by atoms with Crippen LogP contribution in [0.5, 0.6) is 0 Å². The molecular formula is C19H18N6O2. The summed E-state index contributed by atoms with van der Waals surface area (Å²) in [6, 6.07) is 12.4. The molecule has 3 aromatic heterocycles. The summed E-state index contributed by atoms with van der Waals surface area (Å²) >= 11 is 0. The molecule has 0 saturated carbocycles. The summed E-state index contributed by atoms with van der Waals surface area (Å²) in [7, 11) is 0. The van der Waals surface area contributed by atoms with E-state index >= 15 is 0 Å². The first kappa shape index (κ1) is 16.8. The number of aromatic amines is 1. The van der Waals surface area contributed by atoms with E-state index in [0.29, 0.717) is 11.5 Å². The van der Waals surface area contributed by atoms with E-state index in [2.05, 4.69) is 20.5 Å². The van der Waals surface area contributed by atoms with Gasteiger partial charge in [-0.1, -0.05) is 6.07 Å². The third kappa shape index (κ3) is 3.37. The van der Waals surface area contributed by atoms with Crippen molar-refractivity contribution in [2.45, 2.75) is 20.4 Å². The Balaban J connectivity index is 1.56. The minimum Gasteiger partial charge on any atom is -0.361 e. The van der Waals surface area contributed by atoms with Gasteiger partial charge in [-0.25, -0.2) is 9.36 Å². The van der Waals surface area contributed by atoms with Crippen LogP contribution in [0.2, 0.25) is 0 Å². The predicted octanol–water partition coefficient (Wildman–Crippen LogP) is 2.17. The lowest BCUT2D eigenvalue weighted by Gasteiger charge is -2.09. The van der Waals surface area contributed by atoms with Gasteiger partial charge >= 0.3 is 0 Å². The molecule has 8 heteroatoms. The molecule has 0 fully saturated rings. The Bertz CT molecular complexity index is 1200. The van der Waals surface area contributed by atoms with Crippen LogP contribution in [-0.4, -0.2) is 30.5 Å². The van der Waals surface area contributed by atoms with Crippen molar-refractivity contribution < 1.29 is 4.79 Å². The van der Waals surface area contributed by atoms with E-state index in [-0.39, 0.29) is 18.0 Å². The molecule has 0 aliphatic carbocycles. The van der Waals surface area contributed by atoms with E-state index in [1.165, 1.54) is 6.07 Å². The van der Waals surface area contributed by atoms with E-state index in [1.54, 1.807) is 10.7 Å². The normalized spacial score (nSPS) is 11.0. The van der Waals surface area contributed by atoms with Crippen molar-refractivity contribution in [2.75, 3.05) is 5.32 Å². The highest BCUT2D eigenvalue weighted by molar-refractivity contribution is 5.93. The quantitative estimate of drug-likeness (QED) is 0.581. The number of fused-ring (bicyclic) bond motifs is 1. The summed E-state index contributed by atoms with van der Waals surface area (Å²) in [5.41, 5.74) is 2.97. The fourth-order valence-corrected chi connectivity index (χ4v) is 2.99. The Morgan fingerprint density at radius 2 is 1.96 bits per heavy atom. The lowest BCUT2D eigenvalue weighted by molar-refractivity contribution is -0.117. The van der Waals surface area contributed by atoms with Crippen LogP contribution in [0.3, 0.4) is 0 Å². The van der Waals surface area contributed by atoms with Crippen LogP contribution < -0.4 is 10.9 Å². The molecule has 3 heterocycles. The molecule has 0 radical (unpaired) electrons. The molecule has 1 amide bonds. The molecule has 4 rings (SSSR count). The lowest BCUT2D eigenvalue weighted by Crippen LogP contribution is -2.30. The van der Waals surface area contributed by atoms with E-state index in [4.69, 9.17) is 0 Å². The monoisotopic (exact) mass is 362 g/mol. The predicted molar refractivity (Wildman–Crippen MR) is 102 cm³/mol. The number of rotatable bonds is 4. The maximum absolute atomic E-state index is 12.4. The maximum atomic E-state index is 12.4. The molecule has 136 valence electrons. The Labute approximate surface area is 154 Å². The molecule has 0 spiro atoms. The fraction of sp³-hybridized carbons (Fsp3) is 0.158. The molecule has 0 aliphatic rings. The molecule has 8 nitrogen and oxygen atoms in total. The van der Waals surface area contributed by atoms with Crippen LogP contribution in [0.1, 0.15) is 11.4 Å². The van der Waals surface area contributed by atoms with Gasteiger partial charge in [0.15, 0.2) is 5.82 Å². The minimum absolute atomic E-state index is 0.186. The summed E-state index contributed by atoms with van der Waals surface area (Å²) in [5.74, 6) is 0.154. The first-order valence-electron chi connectivity index (χ1n) is 8.48. The second-order valence-corrected chi connectivity index (χ2v) is 6.35. The van der Waals surface area contributed by atoms with Crippen LogP contribution in [0.15, 0.2) is 53.5 Å². The second-order valence-electron chi connectivity index (χ2n) is 6.35. The van der Waals surface area contributed by atoms with Crippen LogP contribution in [0, 0.1) is 13.8 Å². The van der Waals surface area contributed by atoms with Crippen molar-refractivity contribution in [3.8, 4) is 5.82 Å². The van der Waals surface area contributed by atoms with E-state index in [0.717, 1.165) is 27.0 Å². The third-order valence-corrected chi connectivity index (χ3v) is 4.21. The Kier molecular flexibility index (Phi) is 4.08. The van der Waals surface area contributed by atoms with Crippen molar-refractivity contribution in [1.82, 2.24) is 24.5 Å². The number of benzene rings is 1. The number of carbonyl (C=O) groups is 1. The second kappa shape index (κ2) is 6.56. The summed E-state index contributed by atoms with van der Waals surface area (Å²) in [5, 5.41) is 12.5. The summed E-state index contributed by atoms with van der Waals surface area (Å²) in [6.07, 6.45) is 1.84. The molecule has 1 aromatic carbocycles. The maximum Gasteiger partial charge on any atom is 0.267 e. The topological polar surface area (TPSA) is 97.6 Å². The fourth-order valence-electron chi connectivity index (χ4n) is 2.99. The number of hydrogen-bond donors (Lipinski definition) is 2. The number of amides is 1. The minimum atomic E-state index is -0.352. The highest BCUT2D eigenvalue weighted by Gasteiger charge is 2.11. The zero-order valence-electron chi connectivity index (χ0n) is 14.9. The smallest absolute Gasteiger partial charge is 0.267 e. The van der Waals surface area contributed by atoms with Gasteiger partial charge in [0.2, 0.25) is 5.91 Å². The average molecular weight is 362 g/mol.